The number of thioether (sulfide) groups is 1. The molecular weight excluding hydrogens is 252 g/mol. The lowest BCUT2D eigenvalue weighted by Crippen LogP contribution is -2.02. The van der Waals surface area contributed by atoms with Gasteiger partial charge in [-0.2, -0.15) is 0 Å². The van der Waals surface area contributed by atoms with Crippen molar-refractivity contribution in [3.63, 3.8) is 0 Å². The molecule has 0 spiro atoms. The van der Waals surface area contributed by atoms with Gasteiger partial charge in [0.2, 0.25) is 9.84 Å². The highest BCUT2D eigenvalue weighted by Gasteiger charge is 2.18. The van der Waals surface area contributed by atoms with Crippen molar-refractivity contribution in [1.29, 1.82) is 0 Å². The molecule has 1 aromatic carbocycles. The molecule has 0 saturated heterocycles. The number of aryl methyl sites for hydroxylation is 1. The lowest BCUT2D eigenvalue weighted by molar-refractivity contribution is 0.604. The average molecular weight is 268 g/mol. The van der Waals surface area contributed by atoms with Crippen LogP contribution >= 0.6 is 11.8 Å². The van der Waals surface area contributed by atoms with E-state index in [4.69, 9.17) is 0 Å². The summed E-state index contributed by atoms with van der Waals surface area (Å²) in [6.45, 7) is 3.79. The fraction of sp³-hybridized carbons (Fsp3) is 0.231. The highest BCUT2D eigenvalue weighted by atomic mass is 32.3. The van der Waals surface area contributed by atoms with Gasteiger partial charge in [0.1, 0.15) is 4.24 Å². The molecule has 0 atom stereocenters. The number of allylic oxidation sites excluding steroid dienone is 3. The molecule has 0 saturated carbocycles. The second kappa shape index (κ2) is 6.07. The lowest BCUT2D eigenvalue weighted by atomic mass is 10.2. The Hall–Kier alpha value is -1.00. The number of hydrogen-bond donors (Lipinski definition) is 0. The van der Waals surface area contributed by atoms with Gasteiger partial charge >= 0.3 is 0 Å². The van der Waals surface area contributed by atoms with E-state index in [1.54, 1.807) is 48.7 Å². The predicted molar refractivity (Wildman–Crippen MR) is 74.8 cm³/mol. The van der Waals surface area contributed by atoms with Crippen molar-refractivity contribution in [3.8, 4) is 0 Å². The van der Waals surface area contributed by atoms with Gasteiger partial charge < -0.3 is 0 Å². The van der Waals surface area contributed by atoms with Crippen LogP contribution in [0.3, 0.4) is 0 Å². The molecule has 0 bridgehead atoms. The fourth-order valence-corrected chi connectivity index (χ4v) is 3.64. The molecule has 0 heterocycles. The van der Waals surface area contributed by atoms with Crippen LogP contribution in [0.2, 0.25) is 0 Å². The maximum atomic E-state index is 12.3. The van der Waals surface area contributed by atoms with Crippen molar-refractivity contribution in [2.45, 2.75) is 18.7 Å². The molecular formula is C13H16O2S2. The zero-order valence-electron chi connectivity index (χ0n) is 10.2. The summed E-state index contributed by atoms with van der Waals surface area (Å²) in [7, 11) is -3.37. The molecule has 0 amide bonds. The minimum Gasteiger partial charge on any atom is -0.218 e. The first kappa shape index (κ1) is 14.1. The minimum absolute atomic E-state index is 0.341. The van der Waals surface area contributed by atoms with Crippen molar-refractivity contribution >= 4 is 21.6 Å². The van der Waals surface area contributed by atoms with Gasteiger partial charge in [-0.25, -0.2) is 8.42 Å². The first-order chi connectivity index (χ1) is 8.02. The van der Waals surface area contributed by atoms with Crippen LogP contribution in [-0.2, 0) is 9.84 Å². The number of benzene rings is 1. The third-order valence-corrected chi connectivity index (χ3v) is 5.48. The van der Waals surface area contributed by atoms with E-state index in [-0.39, 0.29) is 0 Å². The van der Waals surface area contributed by atoms with Gasteiger partial charge in [0.05, 0.1) is 4.90 Å². The number of hydrogen-bond acceptors (Lipinski definition) is 3. The topological polar surface area (TPSA) is 34.1 Å². The standard InChI is InChI=1S/C13H16O2S2/c1-4-5-6-13(16-3)17(14,15)12-9-7-11(2)8-10-12/h4-10H,1-3H3. The molecule has 92 valence electrons. The Labute approximate surface area is 107 Å². The fourth-order valence-electron chi connectivity index (χ4n) is 1.28. The summed E-state index contributed by atoms with van der Waals surface area (Å²) in [4.78, 5) is 0.341. The molecule has 0 aliphatic heterocycles. The molecule has 0 aliphatic carbocycles. The van der Waals surface area contributed by atoms with Crippen LogP contribution in [-0.4, -0.2) is 14.7 Å². The van der Waals surface area contributed by atoms with Gasteiger partial charge in [-0.05, 0) is 38.3 Å². The van der Waals surface area contributed by atoms with E-state index in [1.165, 1.54) is 11.8 Å². The van der Waals surface area contributed by atoms with Gasteiger partial charge in [0, 0.05) is 0 Å². The van der Waals surface area contributed by atoms with Crippen LogP contribution in [0.15, 0.2) is 51.6 Å². The van der Waals surface area contributed by atoms with E-state index in [2.05, 4.69) is 0 Å². The van der Waals surface area contributed by atoms with Crippen molar-refractivity contribution in [2.75, 3.05) is 6.26 Å². The monoisotopic (exact) mass is 268 g/mol. The Morgan fingerprint density at radius 2 is 1.82 bits per heavy atom. The summed E-state index contributed by atoms with van der Waals surface area (Å²) < 4.78 is 24.9. The van der Waals surface area contributed by atoms with Crippen LogP contribution in [0.4, 0.5) is 0 Å². The summed E-state index contributed by atoms with van der Waals surface area (Å²) in [6, 6.07) is 6.90. The lowest BCUT2D eigenvalue weighted by Gasteiger charge is -2.06. The molecule has 2 nitrogen and oxygen atoms in total. The van der Waals surface area contributed by atoms with E-state index in [0.717, 1.165) is 5.56 Å². The third kappa shape index (κ3) is 3.48. The Balaban J connectivity index is 3.22. The summed E-state index contributed by atoms with van der Waals surface area (Å²) in [6.07, 6.45) is 6.93. The van der Waals surface area contributed by atoms with E-state index in [9.17, 15) is 8.42 Å². The van der Waals surface area contributed by atoms with Crippen molar-refractivity contribution in [1.82, 2.24) is 0 Å². The van der Waals surface area contributed by atoms with Crippen molar-refractivity contribution < 1.29 is 8.42 Å². The van der Waals surface area contributed by atoms with Gasteiger partial charge in [0.25, 0.3) is 0 Å². The molecule has 0 aromatic heterocycles. The Morgan fingerprint density at radius 1 is 1.24 bits per heavy atom. The maximum Gasteiger partial charge on any atom is 0.212 e. The predicted octanol–water partition coefficient (Wildman–Crippen LogP) is 3.55. The zero-order valence-corrected chi connectivity index (χ0v) is 11.8. The SMILES string of the molecule is CC=CC=C(SC)S(=O)(=O)c1ccc(C)cc1. The highest BCUT2D eigenvalue weighted by Crippen LogP contribution is 2.26. The summed E-state index contributed by atoms with van der Waals surface area (Å²) in [5, 5.41) is 0. The van der Waals surface area contributed by atoms with Crippen molar-refractivity contribution in [2.24, 2.45) is 0 Å². The molecule has 1 aromatic rings. The Morgan fingerprint density at radius 3 is 2.29 bits per heavy atom. The molecule has 4 heteroatoms. The van der Waals surface area contributed by atoms with Crippen LogP contribution in [0.5, 0.6) is 0 Å². The van der Waals surface area contributed by atoms with Gasteiger partial charge in [-0.15, -0.1) is 11.8 Å². The van der Waals surface area contributed by atoms with Gasteiger partial charge in [-0.1, -0.05) is 29.8 Å². The number of sulfone groups is 1. The normalized spacial score (nSPS) is 13.2. The molecule has 0 N–H and O–H groups in total. The summed E-state index contributed by atoms with van der Waals surface area (Å²) >= 11 is 1.24. The number of rotatable bonds is 4. The van der Waals surface area contributed by atoms with Crippen molar-refractivity contribution in [3.05, 3.63) is 52.3 Å². The first-order valence-corrected chi connectivity index (χ1v) is 7.92. The molecule has 17 heavy (non-hydrogen) atoms. The zero-order chi connectivity index (χ0) is 12.9. The van der Waals surface area contributed by atoms with Gasteiger partial charge in [0.15, 0.2) is 0 Å². The highest BCUT2D eigenvalue weighted by molar-refractivity contribution is 8.18. The van der Waals surface area contributed by atoms with Crippen LogP contribution < -0.4 is 0 Å². The second-order valence-corrected chi connectivity index (χ2v) is 6.56. The first-order valence-electron chi connectivity index (χ1n) is 5.21. The quantitative estimate of drug-likeness (QED) is 0.783. The average Bonchev–Trinajstić information content (AvgIpc) is 2.30. The molecule has 0 fully saturated rings. The molecule has 1 rings (SSSR count). The maximum absolute atomic E-state index is 12.3. The molecule has 0 aliphatic rings. The van der Waals surface area contributed by atoms with Crippen LogP contribution in [0.25, 0.3) is 0 Å². The van der Waals surface area contributed by atoms with E-state index in [1.807, 2.05) is 13.8 Å². The second-order valence-electron chi connectivity index (χ2n) is 3.53. The molecule has 0 unspecified atom stereocenters. The summed E-state index contributed by atoms with van der Waals surface area (Å²) in [5.41, 5.74) is 1.05. The third-order valence-electron chi connectivity index (χ3n) is 2.22. The smallest absolute Gasteiger partial charge is 0.212 e. The largest absolute Gasteiger partial charge is 0.218 e. The van der Waals surface area contributed by atoms with Crippen LogP contribution in [0.1, 0.15) is 12.5 Å². The van der Waals surface area contributed by atoms with Gasteiger partial charge in [-0.3, -0.25) is 0 Å². The minimum atomic E-state index is -3.37. The van der Waals surface area contributed by atoms with E-state index in [0.29, 0.717) is 9.13 Å². The summed E-state index contributed by atoms with van der Waals surface area (Å²) in [5.74, 6) is 0. The Kier molecular flexibility index (Phi) is 5.02. The molecule has 0 radical (unpaired) electrons. The van der Waals surface area contributed by atoms with Crippen LogP contribution in [0, 0.1) is 6.92 Å². The Bertz CT molecular complexity index is 523. The van der Waals surface area contributed by atoms with E-state index < -0.39 is 9.84 Å². The van der Waals surface area contributed by atoms with E-state index >= 15 is 0 Å².